The van der Waals surface area contributed by atoms with Gasteiger partial charge in [-0.1, -0.05) is 0 Å². The first-order valence-corrected chi connectivity index (χ1v) is 7.50. The van der Waals surface area contributed by atoms with E-state index in [4.69, 9.17) is 4.74 Å². The molecule has 1 aromatic heterocycles. The van der Waals surface area contributed by atoms with Crippen LogP contribution in [-0.4, -0.2) is 57.3 Å². The van der Waals surface area contributed by atoms with Gasteiger partial charge in [0.15, 0.2) is 0 Å². The summed E-state index contributed by atoms with van der Waals surface area (Å²) in [5.74, 6) is -0.0340. The van der Waals surface area contributed by atoms with Crippen LogP contribution in [0.2, 0.25) is 0 Å². The van der Waals surface area contributed by atoms with Gasteiger partial charge in [0, 0.05) is 25.9 Å². The molecule has 114 valence electrons. The third-order valence-electron chi connectivity index (χ3n) is 4.66. The van der Waals surface area contributed by atoms with E-state index in [0.717, 1.165) is 12.8 Å². The lowest BCUT2D eigenvalue weighted by Crippen LogP contribution is -2.56. The van der Waals surface area contributed by atoms with Crippen LogP contribution < -0.4 is 0 Å². The maximum Gasteiger partial charge on any atom is 0.257 e. The number of hydrogen-bond acceptors (Lipinski definition) is 5. The molecule has 2 saturated heterocycles. The van der Waals surface area contributed by atoms with Crippen molar-refractivity contribution in [2.75, 3.05) is 19.7 Å². The first kappa shape index (κ1) is 14.4. The molecule has 2 aliphatic heterocycles. The van der Waals surface area contributed by atoms with Crippen molar-refractivity contribution in [3.8, 4) is 0 Å². The van der Waals surface area contributed by atoms with Gasteiger partial charge in [0.1, 0.15) is 6.33 Å². The third-order valence-corrected chi connectivity index (χ3v) is 4.66. The number of aliphatic hydroxyl groups is 1. The topological polar surface area (TPSA) is 75.6 Å². The van der Waals surface area contributed by atoms with Crippen molar-refractivity contribution in [3.63, 3.8) is 0 Å². The van der Waals surface area contributed by atoms with E-state index >= 15 is 0 Å². The Kier molecular flexibility index (Phi) is 3.91. The molecule has 0 aromatic carbocycles. The fourth-order valence-electron chi connectivity index (χ4n) is 3.25. The van der Waals surface area contributed by atoms with Gasteiger partial charge in [-0.05, 0) is 32.6 Å². The largest absolute Gasteiger partial charge is 0.390 e. The monoisotopic (exact) mass is 291 g/mol. The summed E-state index contributed by atoms with van der Waals surface area (Å²) in [6, 6.07) is 0. The number of aliphatic hydroxyl groups excluding tert-OH is 1. The number of carbonyl (C=O) groups excluding carboxylic acids is 1. The zero-order valence-corrected chi connectivity index (χ0v) is 12.3. The van der Waals surface area contributed by atoms with E-state index in [1.54, 1.807) is 6.20 Å². The molecule has 0 bridgehead atoms. The highest BCUT2D eigenvalue weighted by atomic mass is 16.5. The van der Waals surface area contributed by atoms with Crippen LogP contribution in [0, 0.1) is 6.92 Å². The molecular formula is C15H21N3O3. The van der Waals surface area contributed by atoms with E-state index in [0.29, 0.717) is 43.8 Å². The standard InChI is InChI=1S/C15H21N3O3/c1-11-12(9-16-10-17-11)14(20)18-6-4-15(5-7-18)13(19)3-2-8-21-15/h9-10,13,19H,2-8H2,1H3/t13-/m0/s1. The molecule has 21 heavy (non-hydrogen) atoms. The zero-order chi connectivity index (χ0) is 14.9. The van der Waals surface area contributed by atoms with E-state index in [2.05, 4.69) is 9.97 Å². The van der Waals surface area contributed by atoms with E-state index in [1.165, 1.54) is 6.33 Å². The fourth-order valence-corrected chi connectivity index (χ4v) is 3.25. The predicted octanol–water partition coefficient (Wildman–Crippen LogP) is 0.931. The Morgan fingerprint density at radius 3 is 2.90 bits per heavy atom. The number of aryl methyl sites for hydroxylation is 1. The number of ether oxygens (including phenoxy) is 1. The van der Waals surface area contributed by atoms with E-state index in [-0.39, 0.29) is 5.91 Å². The molecule has 1 spiro atoms. The van der Waals surface area contributed by atoms with Gasteiger partial charge >= 0.3 is 0 Å². The van der Waals surface area contributed by atoms with Crippen molar-refractivity contribution in [3.05, 3.63) is 23.8 Å². The Labute approximate surface area is 124 Å². The lowest BCUT2D eigenvalue weighted by atomic mass is 9.82. The number of likely N-dealkylation sites (tertiary alicyclic amines) is 1. The quantitative estimate of drug-likeness (QED) is 0.833. The Bertz CT molecular complexity index is 527. The molecule has 6 nitrogen and oxygen atoms in total. The van der Waals surface area contributed by atoms with Crippen LogP contribution >= 0.6 is 0 Å². The van der Waals surface area contributed by atoms with E-state index in [9.17, 15) is 9.90 Å². The number of nitrogens with zero attached hydrogens (tertiary/aromatic N) is 3. The Hall–Kier alpha value is -1.53. The van der Waals surface area contributed by atoms with E-state index in [1.807, 2.05) is 11.8 Å². The van der Waals surface area contributed by atoms with E-state index < -0.39 is 11.7 Å². The summed E-state index contributed by atoms with van der Waals surface area (Å²) >= 11 is 0. The van der Waals surface area contributed by atoms with Crippen molar-refractivity contribution < 1.29 is 14.6 Å². The summed E-state index contributed by atoms with van der Waals surface area (Å²) in [7, 11) is 0. The average Bonchev–Trinajstić information content (AvgIpc) is 2.51. The summed E-state index contributed by atoms with van der Waals surface area (Å²) in [5.41, 5.74) is 0.805. The molecule has 1 aromatic rings. The minimum atomic E-state index is -0.447. The second-order valence-corrected chi connectivity index (χ2v) is 5.89. The lowest BCUT2D eigenvalue weighted by Gasteiger charge is -2.46. The normalized spacial score (nSPS) is 25.0. The molecule has 3 rings (SSSR count). The van der Waals surface area contributed by atoms with Gasteiger partial charge in [0.2, 0.25) is 0 Å². The van der Waals surface area contributed by atoms with Crippen LogP contribution in [0.25, 0.3) is 0 Å². The minimum Gasteiger partial charge on any atom is -0.390 e. The molecule has 2 fully saturated rings. The molecule has 2 aliphatic rings. The average molecular weight is 291 g/mol. The van der Waals surface area contributed by atoms with Gasteiger partial charge in [0.05, 0.1) is 23.0 Å². The molecule has 1 atom stereocenters. The van der Waals surface area contributed by atoms with Gasteiger partial charge in [-0.3, -0.25) is 4.79 Å². The Morgan fingerprint density at radius 1 is 1.48 bits per heavy atom. The summed E-state index contributed by atoms with van der Waals surface area (Å²) < 4.78 is 5.86. The Balaban J connectivity index is 1.68. The first-order chi connectivity index (χ1) is 10.1. The third kappa shape index (κ3) is 2.65. The maximum absolute atomic E-state index is 12.5. The number of aromatic nitrogens is 2. The Morgan fingerprint density at radius 2 is 2.24 bits per heavy atom. The zero-order valence-electron chi connectivity index (χ0n) is 12.3. The first-order valence-electron chi connectivity index (χ1n) is 7.50. The number of amides is 1. The molecule has 0 radical (unpaired) electrons. The molecule has 0 saturated carbocycles. The van der Waals surface area contributed by atoms with Crippen LogP contribution in [0.5, 0.6) is 0 Å². The van der Waals surface area contributed by atoms with Gasteiger partial charge in [-0.15, -0.1) is 0 Å². The van der Waals surface area contributed by atoms with Crippen LogP contribution in [0.15, 0.2) is 12.5 Å². The molecule has 1 N–H and O–H groups in total. The van der Waals surface area contributed by atoms with Gasteiger partial charge in [-0.25, -0.2) is 9.97 Å². The number of rotatable bonds is 1. The van der Waals surface area contributed by atoms with Crippen LogP contribution in [0.4, 0.5) is 0 Å². The smallest absolute Gasteiger partial charge is 0.257 e. The molecular weight excluding hydrogens is 270 g/mol. The van der Waals surface area contributed by atoms with Gasteiger partial charge < -0.3 is 14.7 Å². The van der Waals surface area contributed by atoms with Crippen molar-refractivity contribution in [2.45, 2.75) is 44.3 Å². The van der Waals surface area contributed by atoms with Crippen LogP contribution in [0.3, 0.4) is 0 Å². The molecule has 0 unspecified atom stereocenters. The van der Waals surface area contributed by atoms with Gasteiger partial charge in [-0.2, -0.15) is 0 Å². The fraction of sp³-hybridized carbons (Fsp3) is 0.667. The number of hydrogen-bond donors (Lipinski definition) is 1. The highest BCUT2D eigenvalue weighted by molar-refractivity contribution is 5.94. The summed E-state index contributed by atoms with van der Waals surface area (Å²) in [5, 5.41) is 10.2. The van der Waals surface area contributed by atoms with Crippen molar-refractivity contribution in [1.82, 2.24) is 14.9 Å². The summed E-state index contributed by atoms with van der Waals surface area (Å²) in [4.78, 5) is 22.3. The second-order valence-electron chi connectivity index (χ2n) is 5.89. The molecule has 6 heteroatoms. The highest BCUT2D eigenvalue weighted by Crippen LogP contribution is 2.35. The number of piperidine rings is 1. The van der Waals surface area contributed by atoms with Crippen LogP contribution in [-0.2, 0) is 4.74 Å². The molecule has 3 heterocycles. The van der Waals surface area contributed by atoms with Crippen LogP contribution in [0.1, 0.15) is 41.7 Å². The highest BCUT2D eigenvalue weighted by Gasteiger charge is 2.44. The lowest BCUT2D eigenvalue weighted by molar-refractivity contribution is -0.174. The van der Waals surface area contributed by atoms with Crippen molar-refractivity contribution >= 4 is 5.91 Å². The van der Waals surface area contributed by atoms with Crippen molar-refractivity contribution in [1.29, 1.82) is 0 Å². The SMILES string of the molecule is Cc1ncncc1C(=O)N1CCC2(CC1)OCCC[C@@H]2O. The molecule has 0 aliphatic carbocycles. The number of carbonyl (C=O) groups is 1. The summed E-state index contributed by atoms with van der Waals surface area (Å²) in [6.07, 6.45) is 5.68. The molecule has 1 amide bonds. The second kappa shape index (κ2) is 5.69. The minimum absolute atomic E-state index is 0.0340. The van der Waals surface area contributed by atoms with Gasteiger partial charge in [0.25, 0.3) is 5.91 Å². The predicted molar refractivity (Wildman–Crippen MR) is 75.8 cm³/mol. The maximum atomic E-state index is 12.5. The summed E-state index contributed by atoms with van der Waals surface area (Å²) in [6.45, 7) is 3.72. The van der Waals surface area contributed by atoms with Crippen molar-refractivity contribution in [2.24, 2.45) is 0 Å².